The van der Waals surface area contributed by atoms with Crippen molar-refractivity contribution in [3.63, 3.8) is 0 Å². The Morgan fingerprint density at radius 3 is 1.80 bits per heavy atom. The number of rotatable bonds is 4. The number of carbonyl (C=O) groups is 1. The Morgan fingerprint density at radius 1 is 1.05 bits per heavy atom. The van der Waals surface area contributed by atoms with Gasteiger partial charge in [0.25, 0.3) is 0 Å². The van der Waals surface area contributed by atoms with Crippen LogP contribution in [-0.4, -0.2) is 16.6 Å². The van der Waals surface area contributed by atoms with Gasteiger partial charge in [-0.3, -0.25) is 0 Å². The molecule has 0 heterocycles. The molecule has 1 aliphatic rings. The third-order valence-corrected chi connectivity index (χ3v) is 3.43. The zero-order valence-electron chi connectivity index (χ0n) is 10.2. The average Bonchev–Trinajstić information content (AvgIpc) is 3.23. The molecule has 0 amide bonds. The summed E-state index contributed by atoms with van der Waals surface area (Å²) in [5.41, 5.74) is -3.11. The van der Waals surface area contributed by atoms with E-state index in [1.165, 1.54) is 0 Å². The summed E-state index contributed by atoms with van der Waals surface area (Å²) in [4.78, 5) is 11.2. The molecule has 110 valence electrons. The maximum atomic E-state index is 13.5. The van der Waals surface area contributed by atoms with Crippen LogP contribution in [0.4, 0.5) is 27.6 Å². The molecule has 0 saturated heterocycles. The van der Waals surface area contributed by atoms with E-state index in [9.17, 15) is 26.7 Å². The Balaban J connectivity index is 2.51. The predicted octanol–water partition coefficient (Wildman–Crippen LogP) is 3.05. The van der Waals surface area contributed by atoms with Crippen LogP contribution in [0.5, 0.6) is 0 Å². The highest BCUT2D eigenvalue weighted by Gasteiger charge is 2.48. The van der Waals surface area contributed by atoms with E-state index in [1.807, 2.05) is 5.32 Å². The minimum Gasteiger partial charge on any atom is -0.480 e. The molecule has 1 aromatic rings. The van der Waals surface area contributed by atoms with Gasteiger partial charge >= 0.3 is 5.97 Å². The maximum Gasteiger partial charge on any atom is 0.329 e. The molecule has 2 rings (SSSR count). The number of carboxylic acids is 1. The van der Waals surface area contributed by atoms with Crippen LogP contribution in [-0.2, 0) is 4.79 Å². The largest absolute Gasteiger partial charge is 0.480 e. The smallest absolute Gasteiger partial charge is 0.329 e. The van der Waals surface area contributed by atoms with Crippen molar-refractivity contribution in [2.75, 3.05) is 5.32 Å². The molecule has 1 unspecified atom stereocenters. The summed E-state index contributed by atoms with van der Waals surface area (Å²) >= 11 is 0. The van der Waals surface area contributed by atoms with Gasteiger partial charge < -0.3 is 10.4 Å². The van der Waals surface area contributed by atoms with E-state index < -0.39 is 52.2 Å². The van der Waals surface area contributed by atoms with E-state index in [1.54, 1.807) is 0 Å². The molecule has 1 atom stereocenters. The Bertz CT molecular complexity index is 559. The van der Waals surface area contributed by atoms with Crippen molar-refractivity contribution in [2.45, 2.75) is 25.3 Å². The van der Waals surface area contributed by atoms with Gasteiger partial charge in [-0.2, -0.15) is 0 Å². The second kappa shape index (κ2) is 4.60. The van der Waals surface area contributed by atoms with E-state index in [0.717, 1.165) is 6.92 Å². The van der Waals surface area contributed by atoms with Gasteiger partial charge in [-0.15, -0.1) is 0 Å². The topological polar surface area (TPSA) is 49.3 Å². The molecule has 8 heteroatoms. The number of benzene rings is 1. The summed E-state index contributed by atoms with van der Waals surface area (Å²) in [5.74, 6) is -12.5. The Morgan fingerprint density at radius 2 is 1.45 bits per heavy atom. The highest BCUT2D eigenvalue weighted by atomic mass is 19.2. The van der Waals surface area contributed by atoms with E-state index in [2.05, 4.69) is 0 Å². The molecule has 0 aromatic heterocycles. The summed E-state index contributed by atoms with van der Waals surface area (Å²) in [6.45, 7) is 1.14. The molecular formula is C12H10F5NO2. The van der Waals surface area contributed by atoms with Crippen LogP contribution in [0.1, 0.15) is 19.8 Å². The van der Waals surface area contributed by atoms with Gasteiger partial charge in [0.05, 0.1) is 0 Å². The van der Waals surface area contributed by atoms with Gasteiger partial charge in [0, 0.05) is 0 Å². The minimum absolute atomic E-state index is 0.435. The van der Waals surface area contributed by atoms with Crippen LogP contribution in [0.25, 0.3) is 0 Å². The number of nitrogens with one attached hydrogen (secondary N) is 1. The quantitative estimate of drug-likeness (QED) is 0.510. The molecule has 1 fully saturated rings. The highest BCUT2D eigenvalue weighted by Crippen LogP contribution is 2.42. The fourth-order valence-electron chi connectivity index (χ4n) is 1.97. The number of hydrogen-bond donors (Lipinski definition) is 2. The van der Waals surface area contributed by atoms with Crippen molar-refractivity contribution >= 4 is 11.7 Å². The zero-order valence-corrected chi connectivity index (χ0v) is 10.2. The maximum absolute atomic E-state index is 13.5. The normalized spacial score (nSPS) is 17.7. The van der Waals surface area contributed by atoms with Gasteiger partial charge in [-0.1, -0.05) is 0 Å². The lowest BCUT2D eigenvalue weighted by atomic mass is 9.95. The van der Waals surface area contributed by atoms with Crippen molar-refractivity contribution in [1.29, 1.82) is 0 Å². The third-order valence-electron chi connectivity index (χ3n) is 3.43. The molecule has 0 aliphatic heterocycles. The lowest BCUT2D eigenvalue weighted by Crippen LogP contribution is -2.46. The molecule has 1 saturated carbocycles. The van der Waals surface area contributed by atoms with Crippen molar-refractivity contribution in [3.05, 3.63) is 29.1 Å². The summed E-state index contributed by atoms with van der Waals surface area (Å²) in [5, 5.41) is 11.1. The highest BCUT2D eigenvalue weighted by molar-refractivity contribution is 5.83. The van der Waals surface area contributed by atoms with Crippen LogP contribution < -0.4 is 5.32 Å². The number of hydrogen-bond acceptors (Lipinski definition) is 2. The molecule has 3 nitrogen and oxygen atoms in total. The second-order valence-corrected chi connectivity index (χ2v) is 4.85. The molecule has 1 aliphatic carbocycles. The molecule has 2 N–H and O–H groups in total. The standard InChI is InChI=1S/C12H10F5NO2/c1-12(11(19)20,4-2-3-4)18-10-8(16)6(14)5(13)7(15)9(10)17/h4,18H,2-3H2,1H3,(H,19,20). The van der Waals surface area contributed by atoms with Gasteiger partial charge in [-0.25, -0.2) is 26.7 Å². The van der Waals surface area contributed by atoms with Gasteiger partial charge in [0.1, 0.15) is 11.2 Å². The first kappa shape index (κ1) is 14.5. The lowest BCUT2D eigenvalue weighted by Gasteiger charge is -2.28. The fraction of sp³-hybridized carbons (Fsp3) is 0.417. The van der Waals surface area contributed by atoms with Crippen molar-refractivity contribution in [2.24, 2.45) is 5.92 Å². The second-order valence-electron chi connectivity index (χ2n) is 4.85. The molecule has 20 heavy (non-hydrogen) atoms. The molecule has 0 bridgehead atoms. The first-order valence-electron chi connectivity index (χ1n) is 5.73. The summed E-state index contributed by atoms with van der Waals surface area (Å²) in [6.07, 6.45) is 0.983. The molecule has 0 spiro atoms. The SMILES string of the molecule is CC(Nc1c(F)c(F)c(F)c(F)c1F)(C(=O)O)C1CC1. The van der Waals surface area contributed by atoms with Gasteiger partial charge in [0.15, 0.2) is 23.3 Å². The van der Waals surface area contributed by atoms with E-state index in [4.69, 9.17) is 5.11 Å². The van der Waals surface area contributed by atoms with Gasteiger partial charge in [0.2, 0.25) is 5.82 Å². The predicted molar refractivity (Wildman–Crippen MR) is 58.6 cm³/mol. The average molecular weight is 295 g/mol. The fourth-order valence-corrected chi connectivity index (χ4v) is 1.97. The van der Waals surface area contributed by atoms with Crippen molar-refractivity contribution in [1.82, 2.24) is 0 Å². The number of anilines is 1. The minimum atomic E-state index is -2.28. The Kier molecular flexibility index (Phi) is 3.35. The summed E-state index contributed by atoms with van der Waals surface area (Å²) in [7, 11) is 0. The van der Waals surface area contributed by atoms with Crippen molar-refractivity contribution in [3.8, 4) is 0 Å². The molecule has 1 aromatic carbocycles. The van der Waals surface area contributed by atoms with Crippen molar-refractivity contribution < 1.29 is 31.9 Å². The summed E-state index contributed by atoms with van der Waals surface area (Å²) in [6, 6.07) is 0. The third kappa shape index (κ3) is 2.08. The zero-order chi connectivity index (χ0) is 15.2. The Hall–Kier alpha value is -1.86. The number of aliphatic carboxylic acids is 1. The first-order valence-corrected chi connectivity index (χ1v) is 5.73. The van der Waals surface area contributed by atoms with E-state index >= 15 is 0 Å². The summed E-state index contributed by atoms with van der Waals surface area (Å²) < 4.78 is 66.0. The van der Waals surface area contributed by atoms with Crippen LogP contribution in [0.2, 0.25) is 0 Å². The number of carboxylic acid groups (broad SMARTS) is 1. The van der Waals surface area contributed by atoms with Crippen LogP contribution in [0.15, 0.2) is 0 Å². The Labute approximate surface area is 110 Å². The molecular weight excluding hydrogens is 285 g/mol. The van der Waals surface area contributed by atoms with Gasteiger partial charge in [-0.05, 0) is 25.7 Å². The first-order chi connectivity index (χ1) is 9.20. The van der Waals surface area contributed by atoms with Crippen LogP contribution >= 0.6 is 0 Å². The molecule has 0 radical (unpaired) electrons. The lowest BCUT2D eigenvalue weighted by molar-refractivity contribution is -0.142. The number of halogens is 5. The van der Waals surface area contributed by atoms with E-state index in [-0.39, 0.29) is 0 Å². The monoisotopic (exact) mass is 295 g/mol. The van der Waals surface area contributed by atoms with E-state index in [0.29, 0.717) is 12.8 Å². The van der Waals surface area contributed by atoms with Crippen LogP contribution in [0, 0.1) is 35.0 Å². The van der Waals surface area contributed by atoms with Crippen LogP contribution in [0.3, 0.4) is 0 Å².